The smallest absolute Gasteiger partial charge is 0.251 e. The van der Waals surface area contributed by atoms with Crippen LogP contribution >= 0.6 is 0 Å². The number of nitrogens with two attached hydrogens (primary N) is 1. The largest absolute Gasteiger partial charge is 0.368 e. The molecule has 1 aromatic rings. The summed E-state index contributed by atoms with van der Waals surface area (Å²) in [7, 11) is 0. The second kappa shape index (κ2) is 5.30. The molecular formula is C12H16N2O2. The molecule has 0 heterocycles. The number of carbonyl (C=O) groups excluding carboxylic acids is 2. The monoisotopic (exact) mass is 220 g/mol. The topological polar surface area (TPSA) is 72.2 Å². The molecule has 2 amide bonds. The van der Waals surface area contributed by atoms with Gasteiger partial charge < -0.3 is 11.1 Å². The van der Waals surface area contributed by atoms with E-state index < -0.39 is 5.91 Å². The lowest BCUT2D eigenvalue weighted by molar-refractivity contribution is -0.117. The van der Waals surface area contributed by atoms with Crippen LogP contribution in [0.25, 0.3) is 0 Å². The van der Waals surface area contributed by atoms with Crippen molar-refractivity contribution in [3.63, 3.8) is 0 Å². The van der Waals surface area contributed by atoms with E-state index in [-0.39, 0.29) is 12.5 Å². The van der Waals surface area contributed by atoms with E-state index in [2.05, 4.69) is 19.2 Å². The highest BCUT2D eigenvalue weighted by atomic mass is 16.2. The second-order valence-electron chi connectivity index (χ2n) is 3.93. The van der Waals surface area contributed by atoms with Crippen molar-refractivity contribution in [1.82, 2.24) is 5.32 Å². The Balaban J connectivity index is 2.66. The van der Waals surface area contributed by atoms with Crippen LogP contribution in [-0.4, -0.2) is 18.4 Å². The summed E-state index contributed by atoms with van der Waals surface area (Å²) in [5.74, 6) is -0.399. The number of benzene rings is 1. The van der Waals surface area contributed by atoms with Crippen molar-refractivity contribution in [3.8, 4) is 0 Å². The second-order valence-corrected chi connectivity index (χ2v) is 3.93. The molecule has 1 aromatic carbocycles. The molecule has 0 saturated carbocycles. The number of hydrogen-bond donors (Lipinski definition) is 2. The summed E-state index contributed by atoms with van der Waals surface area (Å²) in [5.41, 5.74) is 6.63. The Kier molecular flexibility index (Phi) is 4.05. The Morgan fingerprint density at radius 2 is 1.81 bits per heavy atom. The van der Waals surface area contributed by atoms with Crippen molar-refractivity contribution in [2.45, 2.75) is 19.8 Å². The van der Waals surface area contributed by atoms with Crippen LogP contribution in [0.4, 0.5) is 0 Å². The third-order valence-corrected chi connectivity index (χ3v) is 2.26. The molecule has 86 valence electrons. The molecule has 0 radical (unpaired) electrons. The van der Waals surface area contributed by atoms with Gasteiger partial charge in [-0.3, -0.25) is 9.59 Å². The van der Waals surface area contributed by atoms with Crippen molar-refractivity contribution < 1.29 is 9.59 Å². The molecule has 0 aliphatic carbocycles. The van der Waals surface area contributed by atoms with Gasteiger partial charge in [-0.2, -0.15) is 0 Å². The molecule has 0 bridgehead atoms. The number of primary amides is 1. The highest BCUT2D eigenvalue weighted by molar-refractivity contribution is 5.96. The summed E-state index contributed by atoms with van der Waals surface area (Å²) in [6, 6.07) is 7.30. The minimum atomic E-state index is -0.549. The molecule has 4 nitrogen and oxygen atoms in total. The minimum Gasteiger partial charge on any atom is -0.368 e. The van der Waals surface area contributed by atoms with E-state index in [4.69, 9.17) is 5.73 Å². The maximum Gasteiger partial charge on any atom is 0.251 e. The van der Waals surface area contributed by atoms with E-state index in [9.17, 15) is 9.59 Å². The molecule has 0 spiro atoms. The number of carbonyl (C=O) groups is 2. The van der Waals surface area contributed by atoms with Gasteiger partial charge in [0.25, 0.3) is 5.91 Å². The van der Waals surface area contributed by atoms with Gasteiger partial charge in [-0.1, -0.05) is 26.0 Å². The van der Waals surface area contributed by atoms with E-state index in [1.54, 1.807) is 12.1 Å². The van der Waals surface area contributed by atoms with Crippen molar-refractivity contribution in [3.05, 3.63) is 35.4 Å². The van der Waals surface area contributed by atoms with Crippen molar-refractivity contribution in [1.29, 1.82) is 0 Å². The van der Waals surface area contributed by atoms with Gasteiger partial charge in [0.15, 0.2) is 0 Å². The Labute approximate surface area is 94.8 Å². The predicted octanol–water partition coefficient (Wildman–Crippen LogP) is 1.03. The molecule has 4 heteroatoms. The minimum absolute atomic E-state index is 0.134. The summed E-state index contributed by atoms with van der Waals surface area (Å²) in [6.45, 7) is 4.04. The van der Waals surface area contributed by atoms with Crippen LogP contribution in [0.2, 0.25) is 0 Å². The molecule has 0 aliphatic heterocycles. The molecule has 16 heavy (non-hydrogen) atoms. The summed E-state index contributed by atoms with van der Waals surface area (Å²) >= 11 is 0. The first-order valence-corrected chi connectivity index (χ1v) is 5.17. The predicted molar refractivity (Wildman–Crippen MR) is 62.1 cm³/mol. The number of hydrogen-bond acceptors (Lipinski definition) is 2. The number of amides is 2. The van der Waals surface area contributed by atoms with E-state index in [1.165, 1.54) is 5.56 Å². The SMILES string of the molecule is CC(C)c1ccc(C(=O)NCC(N)=O)cc1. The zero-order valence-corrected chi connectivity index (χ0v) is 9.49. The van der Waals surface area contributed by atoms with Crippen LogP contribution in [0.1, 0.15) is 35.7 Å². The van der Waals surface area contributed by atoms with Crippen molar-refractivity contribution in [2.24, 2.45) is 5.73 Å². The molecular weight excluding hydrogens is 204 g/mol. The van der Waals surface area contributed by atoms with Crippen molar-refractivity contribution in [2.75, 3.05) is 6.54 Å². The fourth-order valence-electron chi connectivity index (χ4n) is 1.29. The number of rotatable bonds is 4. The number of nitrogens with one attached hydrogen (secondary N) is 1. The van der Waals surface area contributed by atoms with Gasteiger partial charge in [-0.25, -0.2) is 0 Å². The zero-order valence-electron chi connectivity index (χ0n) is 9.49. The fraction of sp³-hybridized carbons (Fsp3) is 0.333. The summed E-state index contributed by atoms with van der Waals surface area (Å²) in [5, 5.41) is 2.43. The average molecular weight is 220 g/mol. The molecule has 0 aliphatic rings. The van der Waals surface area contributed by atoms with E-state index in [0.717, 1.165) is 0 Å². The molecule has 0 aromatic heterocycles. The van der Waals surface area contributed by atoms with Gasteiger partial charge in [0.05, 0.1) is 6.54 Å². The van der Waals surface area contributed by atoms with Gasteiger partial charge in [-0.05, 0) is 23.6 Å². The quantitative estimate of drug-likeness (QED) is 0.795. The highest BCUT2D eigenvalue weighted by Gasteiger charge is 2.06. The van der Waals surface area contributed by atoms with Crippen LogP contribution < -0.4 is 11.1 Å². The first-order chi connectivity index (χ1) is 7.50. The molecule has 1 rings (SSSR count). The van der Waals surface area contributed by atoms with E-state index in [0.29, 0.717) is 11.5 Å². The van der Waals surface area contributed by atoms with Crippen LogP contribution in [-0.2, 0) is 4.79 Å². The molecule has 0 saturated heterocycles. The van der Waals surface area contributed by atoms with Crippen LogP contribution in [0.5, 0.6) is 0 Å². The molecule has 0 atom stereocenters. The third-order valence-electron chi connectivity index (χ3n) is 2.26. The maximum absolute atomic E-state index is 11.5. The Bertz CT molecular complexity index is 383. The molecule has 0 fully saturated rings. The Hall–Kier alpha value is -1.84. The fourth-order valence-corrected chi connectivity index (χ4v) is 1.29. The van der Waals surface area contributed by atoms with Gasteiger partial charge in [0, 0.05) is 5.56 Å². The zero-order chi connectivity index (χ0) is 12.1. The van der Waals surface area contributed by atoms with Crippen molar-refractivity contribution >= 4 is 11.8 Å². The summed E-state index contributed by atoms with van der Waals surface area (Å²) in [4.78, 5) is 22.0. The van der Waals surface area contributed by atoms with E-state index in [1.807, 2.05) is 12.1 Å². The van der Waals surface area contributed by atoms with Gasteiger partial charge in [0.1, 0.15) is 0 Å². The van der Waals surface area contributed by atoms with Gasteiger partial charge >= 0.3 is 0 Å². The first kappa shape index (κ1) is 12.2. The molecule has 3 N–H and O–H groups in total. The summed E-state index contributed by atoms with van der Waals surface area (Å²) < 4.78 is 0. The lowest BCUT2D eigenvalue weighted by Crippen LogP contribution is -2.33. The lowest BCUT2D eigenvalue weighted by atomic mass is 10.0. The Morgan fingerprint density at radius 1 is 1.25 bits per heavy atom. The Morgan fingerprint density at radius 3 is 2.25 bits per heavy atom. The van der Waals surface area contributed by atoms with Crippen LogP contribution in [0, 0.1) is 0 Å². The van der Waals surface area contributed by atoms with Crippen LogP contribution in [0.15, 0.2) is 24.3 Å². The third kappa shape index (κ3) is 3.38. The summed E-state index contributed by atoms with van der Waals surface area (Å²) in [6.07, 6.45) is 0. The van der Waals surface area contributed by atoms with Gasteiger partial charge in [0.2, 0.25) is 5.91 Å². The maximum atomic E-state index is 11.5. The first-order valence-electron chi connectivity index (χ1n) is 5.17. The normalized spacial score (nSPS) is 10.2. The van der Waals surface area contributed by atoms with Gasteiger partial charge in [-0.15, -0.1) is 0 Å². The average Bonchev–Trinajstić information content (AvgIpc) is 2.26. The van der Waals surface area contributed by atoms with E-state index >= 15 is 0 Å². The lowest BCUT2D eigenvalue weighted by Gasteiger charge is -2.06. The van der Waals surface area contributed by atoms with Crippen LogP contribution in [0.3, 0.4) is 0 Å². The molecule has 0 unspecified atom stereocenters. The highest BCUT2D eigenvalue weighted by Crippen LogP contribution is 2.14. The standard InChI is InChI=1S/C12H16N2O2/c1-8(2)9-3-5-10(6-4-9)12(16)14-7-11(13)15/h3-6,8H,7H2,1-2H3,(H2,13,15)(H,14,16).